The largest absolute Gasteiger partial charge is 0.495 e. The molecule has 1 aliphatic heterocycles. The molecular weight excluding hydrogens is 425 g/mol. The number of fused-ring (bicyclic) bond motifs is 3. The van der Waals surface area contributed by atoms with E-state index in [1.54, 1.807) is 26.3 Å². The summed E-state index contributed by atoms with van der Waals surface area (Å²) in [6.45, 7) is 3.45. The number of hydrogen-bond donors (Lipinski definition) is 0. The second-order valence-electron chi connectivity index (χ2n) is 8.44. The van der Waals surface area contributed by atoms with Crippen molar-refractivity contribution >= 4 is 22.8 Å². The van der Waals surface area contributed by atoms with Crippen molar-refractivity contribution < 1.29 is 9.13 Å². The van der Waals surface area contributed by atoms with Gasteiger partial charge < -0.3 is 14.2 Å². The third-order valence-electron chi connectivity index (χ3n) is 6.07. The minimum Gasteiger partial charge on any atom is -0.495 e. The highest BCUT2D eigenvalue weighted by Gasteiger charge is 2.31. The summed E-state index contributed by atoms with van der Waals surface area (Å²) in [7, 11) is 3.23. The molecular formula is C24H24FN5O3. The number of anilines is 2. The zero-order valence-electron chi connectivity index (χ0n) is 18.7. The normalized spacial score (nSPS) is 15.6. The first-order valence-electron chi connectivity index (χ1n) is 10.7. The Hall–Kier alpha value is -3.88. The van der Waals surface area contributed by atoms with Crippen molar-refractivity contribution in [3.05, 3.63) is 80.7 Å². The molecule has 3 heterocycles. The van der Waals surface area contributed by atoms with Gasteiger partial charge >= 0.3 is 5.69 Å². The third kappa shape index (κ3) is 3.40. The molecule has 1 aliphatic rings. The van der Waals surface area contributed by atoms with E-state index in [4.69, 9.17) is 9.72 Å². The molecule has 0 saturated heterocycles. The molecule has 0 spiro atoms. The van der Waals surface area contributed by atoms with E-state index in [-0.39, 0.29) is 18.3 Å². The van der Waals surface area contributed by atoms with Gasteiger partial charge in [-0.05, 0) is 35.7 Å². The van der Waals surface area contributed by atoms with Crippen molar-refractivity contribution in [3.63, 3.8) is 0 Å². The number of ether oxygens (including phenoxy) is 1. The molecule has 8 nitrogen and oxygen atoms in total. The molecule has 2 aromatic heterocycles. The fraction of sp³-hybridized carbons (Fsp3) is 0.292. The van der Waals surface area contributed by atoms with Crippen LogP contribution in [0.4, 0.5) is 16.0 Å². The molecule has 9 heteroatoms. The number of imidazole rings is 1. The Bertz CT molecular complexity index is 1470. The van der Waals surface area contributed by atoms with E-state index >= 15 is 0 Å². The molecule has 0 fully saturated rings. The molecule has 0 amide bonds. The molecule has 0 bridgehead atoms. The van der Waals surface area contributed by atoms with Gasteiger partial charge in [-0.2, -0.15) is 4.98 Å². The smallest absolute Gasteiger partial charge is 0.332 e. The van der Waals surface area contributed by atoms with E-state index in [2.05, 4.69) is 6.92 Å². The Morgan fingerprint density at radius 2 is 1.82 bits per heavy atom. The number of methoxy groups -OCH3 is 1. The summed E-state index contributed by atoms with van der Waals surface area (Å²) in [5.74, 6) is 1.15. The molecule has 170 valence electrons. The van der Waals surface area contributed by atoms with Crippen LogP contribution in [-0.2, 0) is 20.1 Å². The van der Waals surface area contributed by atoms with E-state index in [0.29, 0.717) is 41.5 Å². The lowest BCUT2D eigenvalue weighted by Crippen LogP contribution is -2.40. The summed E-state index contributed by atoms with van der Waals surface area (Å²) in [4.78, 5) is 33.4. The van der Waals surface area contributed by atoms with Gasteiger partial charge in [-0.25, -0.2) is 9.18 Å². The van der Waals surface area contributed by atoms with Crippen LogP contribution in [-0.4, -0.2) is 32.3 Å². The predicted octanol–water partition coefficient (Wildman–Crippen LogP) is 2.88. The lowest BCUT2D eigenvalue weighted by molar-refractivity contribution is 0.409. The van der Waals surface area contributed by atoms with Crippen LogP contribution in [0.25, 0.3) is 11.2 Å². The summed E-state index contributed by atoms with van der Waals surface area (Å²) in [5, 5.41) is 0. The summed E-state index contributed by atoms with van der Waals surface area (Å²) in [6, 6.07) is 13.4. The van der Waals surface area contributed by atoms with Crippen molar-refractivity contribution in [1.82, 2.24) is 18.7 Å². The van der Waals surface area contributed by atoms with Gasteiger partial charge in [0.15, 0.2) is 11.2 Å². The van der Waals surface area contributed by atoms with Crippen molar-refractivity contribution in [2.75, 3.05) is 18.6 Å². The molecule has 0 N–H and O–H groups in total. The van der Waals surface area contributed by atoms with Crippen LogP contribution in [0.15, 0.2) is 58.1 Å². The lowest BCUT2D eigenvalue weighted by atomic mass is 10.1. The molecule has 0 radical (unpaired) electrons. The van der Waals surface area contributed by atoms with Gasteiger partial charge in [0.1, 0.15) is 11.6 Å². The fourth-order valence-electron chi connectivity index (χ4n) is 4.47. The standard InChI is InChI=1S/C24H24FN5O3/c1-15-12-28(18-6-4-5-7-19(18)33-3)23-26-21-20(29(23)13-15)22(31)30(24(32)27(21)2)14-16-8-10-17(25)11-9-16/h4-11,15H,12-14H2,1-3H3/t15-/m1/s1. The van der Waals surface area contributed by atoms with Crippen LogP contribution in [0.1, 0.15) is 12.5 Å². The first-order valence-corrected chi connectivity index (χ1v) is 10.7. The van der Waals surface area contributed by atoms with Gasteiger partial charge in [-0.1, -0.05) is 31.2 Å². The maximum Gasteiger partial charge on any atom is 0.332 e. The van der Waals surface area contributed by atoms with E-state index in [1.165, 1.54) is 21.3 Å². The van der Waals surface area contributed by atoms with Crippen LogP contribution in [0, 0.1) is 11.7 Å². The van der Waals surface area contributed by atoms with Gasteiger partial charge in [-0.3, -0.25) is 13.9 Å². The molecule has 33 heavy (non-hydrogen) atoms. The first-order chi connectivity index (χ1) is 15.9. The van der Waals surface area contributed by atoms with Gasteiger partial charge in [0, 0.05) is 20.1 Å². The van der Waals surface area contributed by atoms with Crippen molar-refractivity contribution in [2.24, 2.45) is 13.0 Å². The minimum atomic E-state index is -0.468. The third-order valence-corrected chi connectivity index (χ3v) is 6.07. The van der Waals surface area contributed by atoms with Crippen LogP contribution in [0.5, 0.6) is 5.75 Å². The van der Waals surface area contributed by atoms with Gasteiger partial charge in [0.2, 0.25) is 5.95 Å². The highest BCUT2D eigenvalue weighted by Crippen LogP contribution is 2.37. The highest BCUT2D eigenvalue weighted by molar-refractivity contribution is 5.78. The fourth-order valence-corrected chi connectivity index (χ4v) is 4.47. The molecule has 4 aromatic rings. The van der Waals surface area contributed by atoms with Crippen LogP contribution < -0.4 is 20.9 Å². The lowest BCUT2D eigenvalue weighted by Gasteiger charge is -2.33. The number of aromatic nitrogens is 4. The van der Waals surface area contributed by atoms with E-state index in [0.717, 1.165) is 5.69 Å². The Labute approximate surface area is 189 Å². The zero-order valence-corrected chi connectivity index (χ0v) is 18.7. The Kier molecular flexibility index (Phi) is 5.03. The molecule has 0 saturated carbocycles. The Balaban J connectivity index is 1.72. The number of rotatable bonds is 4. The van der Waals surface area contributed by atoms with Gasteiger partial charge in [-0.15, -0.1) is 0 Å². The summed E-state index contributed by atoms with van der Waals surface area (Å²) < 4.78 is 23.3. The first kappa shape index (κ1) is 21.0. The van der Waals surface area contributed by atoms with Crippen LogP contribution in [0.2, 0.25) is 0 Å². The number of aryl methyl sites for hydroxylation is 1. The van der Waals surface area contributed by atoms with E-state index < -0.39 is 11.2 Å². The maximum absolute atomic E-state index is 13.6. The minimum absolute atomic E-state index is 0.0496. The average Bonchev–Trinajstić information content (AvgIpc) is 3.20. The van der Waals surface area contributed by atoms with Gasteiger partial charge in [0.25, 0.3) is 5.56 Å². The predicted molar refractivity (Wildman–Crippen MR) is 124 cm³/mol. The molecule has 5 rings (SSSR count). The maximum atomic E-state index is 13.6. The second-order valence-corrected chi connectivity index (χ2v) is 8.44. The van der Waals surface area contributed by atoms with Gasteiger partial charge in [0.05, 0.1) is 19.3 Å². The Morgan fingerprint density at radius 3 is 2.55 bits per heavy atom. The molecule has 0 aliphatic carbocycles. The van der Waals surface area contributed by atoms with Crippen LogP contribution in [0.3, 0.4) is 0 Å². The molecule has 1 atom stereocenters. The van der Waals surface area contributed by atoms with Crippen molar-refractivity contribution in [1.29, 1.82) is 0 Å². The summed E-state index contributed by atoms with van der Waals surface area (Å²) in [5.41, 5.74) is 1.34. The second kappa shape index (κ2) is 7.91. The van der Waals surface area contributed by atoms with Crippen molar-refractivity contribution in [3.8, 4) is 5.75 Å². The topological polar surface area (TPSA) is 74.3 Å². The Morgan fingerprint density at radius 1 is 1.09 bits per heavy atom. The average molecular weight is 449 g/mol. The van der Waals surface area contributed by atoms with E-state index in [1.807, 2.05) is 33.7 Å². The monoisotopic (exact) mass is 449 g/mol. The summed E-state index contributed by atoms with van der Waals surface area (Å²) in [6.07, 6.45) is 0. The van der Waals surface area contributed by atoms with Crippen LogP contribution >= 0.6 is 0 Å². The SMILES string of the molecule is COc1ccccc1N1C[C@@H](C)Cn2c1nc1c2c(=O)n(Cc2ccc(F)cc2)c(=O)n1C. The number of benzene rings is 2. The number of halogens is 1. The highest BCUT2D eigenvalue weighted by atomic mass is 19.1. The quantitative estimate of drug-likeness (QED) is 0.479. The number of hydrogen-bond acceptors (Lipinski definition) is 5. The van der Waals surface area contributed by atoms with Crippen molar-refractivity contribution in [2.45, 2.75) is 20.0 Å². The molecule has 0 unspecified atom stereocenters. The molecule has 2 aromatic carbocycles. The number of para-hydroxylation sites is 2. The zero-order chi connectivity index (χ0) is 23.3. The number of nitrogens with zero attached hydrogens (tertiary/aromatic N) is 5. The summed E-state index contributed by atoms with van der Waals surface area (Å²) >= 11 is 0. The van der Waals surface area contributed by atoms with E-state index in [9.17, 15) is 14.0 Å².